The Hall–Kier alpha value is -0.790. The van der Waals surface area contributed by atoms with Crippen LogP contribution in [0.5, 0.6) is 0 Å². The number of hydrogen-bond donors (Lipinski definition) is 0. The summed E-state index contributed by atoms with van der Waals surface area (Å²) >= 11 is 0. The molecule has 0 aromatic heterocycles. The van der Waals surface area contributed by atoms with E-state index in [-0.39, 0.29) is 17.3 Å². The number of hydrogen-bond acceptors (Lipinski definition) is 2. The molecule has 0 aromatic rings. The minimum absolute atomic E-state index is 0.0243. The SMILES string of the molecule is CCOC(=O)[C@H]1C[C@@]1(C)[C@@H]1CC=C(C)CC1. The molecule has 0 N–H and O–H groups in total. The van der Waals surface area contributed by atoms with Crippen LogP contribution in [0.1, 0.15) is 46.5 Å². The summed E-state index contributed by atoms with van der Waals surface area (Å²) in [4.78, 5) is 11.7. The van der Waals surface area contributed by atoms with Crippen LogP contribution < -0.4 is 0 Å². The maximum Gasteiger partial charge on any atom is 0.309 e. The van der Waals surface area contributed by atoms with Gasteiger partial charge in [-0.05, 0) is 50.9 Å². The van der Waals surface area contributed by atoms with Crippen LogP contribution in [-0.4, -0.2) is 12.6 Å². The van der Waals surface area contributed by atoms with Crippen LogP contribution in [0.3, 0.4) is 0 Å². The highest BCUT2D eigenvalue weighted by molar-refractivity contribution is 5.77. The summed E-state index contributed by atoms with van der Waals surface area (Å²) in [7, 11) is 0. The summed E-state index contributed by atoms with van der Waals surface area (Å²) in [6, 6.07) is 0. The first-order valence-corrected chi connectivity index (χ1v) is 6.40. The van der Waals surface area contributed by atoms with E-state index in [9.17, 15) is 4.79 Å². The van der Waals surface area contributed by atoms with Crippen molar-refractivity contribution in [2.45, 2.75) is 46.5 Å². The van der Waals surface area contributed by atoms with Crippen LogP contribution >= 0.6 is 0 Å². The fourth-order valence-corrected chi connectivity index (χ4v) is 2.99. The Kier molecular flexibility index (Phi) is 3.09. The maximum absolute atomic E-state index is 11.7. The number of esters is 1. The van der Waals surface area contributed by atoms with Crippen LogP contribution in [0, 0.1) is 17.3 Å². The Morgan fingerprint density at radius 2 is 2.38 bits per heavy atom. The standard InChI is InChI=1S/C14H22O2/c1-4-16-13(15)12-9-14(12,3)11-7-5-10(2)6-8-11/h5,11-12H,4,6-9H2,1-3H3/t11-,12-,14+/m1/s1. The zero-order chi connectivity index (χ0) is 11.8. The lowest BCUT2D eigenvalue weighted by atomic mass is 9.78. The lowest BCUT2D eigenvalue weighted by Gasteiger charge is -2.27. The van der Waals surface area contributed by atoms with Crippen molar-refractivity contribution in [2.75, 3.05) is 6.61 Å². The molecule has 0 amide bonds. The summed E-state index contributed by atoms with van der Waals surface area (Å²) in [5, 5.41) is 0. The fraction of sp³-hybridized carbons (Fsp3) is 0.786. The van der Waals surface area contributed by atoms with Crippen molar-refractivity contribution in [3.63, 3.8) is 0 Å². The minimum atomic E-state index is 0.0243. The molecule has 1 fully saturated rings. The van der Waals surface area contributed by atoms with Crippen molar-refractivity contribution >= 4 is 5.97 Å². The monoisotopic (exact) mass is 222 g/mol. The van der Waals surface area contributed by atoms with Crippen molar-refractivity contribution in [2.24, 2.45) is 17.3 Å². The molecular formula is C14H22O2. The van der Waals surface area contributed by atoms with Crippen LogP contribution in [-0.2, 0) is 9.53 Å². The molecule has 0 aromatic carbocycles. The second kappa shape index (κ2) is 4.23. The molecule has 1 saturated carbocycles. The zero-order valence-corrected chi connectivity index (χ0v) is 10.6. The van der Waals surface area contributed by atoms with Gasteiger partial charge in [-0.25, -0.2) is 0 Å². The smallest absolute Gasteiger partial charge is 0.309 e. The van der Waals surface area contributed by atoms with Gasteiger partial charge in [0.1, 0.15) is 0 Å². The molecule has 0 spiro atoms. The third-order valence-electron chi connectivity index (χ3n) is 4.42. The van der Waals surface area contributed by atoms with Crippen molar-refractivity contribution in [3.8, 4) is 0 Å². The van der Waals surface area contributed by atoms with Gasteiger partial charge < -0.3 is 4.74 Å². The van der Waals surface area contributed by atoms with E-state index in [1.54, 1.807) is 0 Å². The van der Waals surface area contributed by atoms with Crippen LogP contribution in [0.2, 0.25) is 0 Å². The first-order valence-electron chi connectivity index (χ1n) is 6.40. The third-order valence-corrected chi connectivity index (χ3v) is 4.42. The predicted molar refractivity (Wildman–Crippen MR) is 63.9 cm³/mol. The Morgan fingerprint density at radius 1 is 1.62 bits per heavy atom. The van der Waals surface area contributed by atoms with E-state index in [1.165, 1.54) is 18.4 Å². The second-order valence-corrected chi connectivity index (χ2v) is 5.54. The van der Waals surface area contributed by atoms with Crippen molar-refractivity contribution < 1.29 is 9.53 Å². The second-order valence-electron chi connectivity index (χ2n) is 5.54. The lowest BCUT2D eigenvalue weighted by Crippen LogP contribution is -2.21. The molecular weight excluding hydrogens is 200 g/mol. The topological polar surface area (TPSA) is 26.3 Å². The fourth-order valence-electron chi connectivity index (χ4n) is 2.99. The van der Waals surface area contributed by atoms with Gasteiger partial charge in [0.15, 0.2) is 0 Å². The first kappa shape index (κ1) is 11.7. The molecule has 0 radical (unpaired) electrons. The molecule has 0 unspecified atom stereocenters. The first-order chi connectivity index (χ1) is 7.58. The molecule has 0 heterocycles. The van der Waals surface area contributed by atoms with Gasteiger partial charge in [-0.3, -0.25) is 4.79 Å². The van der Waals surface area contributed by atoms with Gasteiger partial charge in [0, 0.05) is 0 Å². The van der Waals surface area contributed by atoms with E-state index in [1.807, 2.05) is 6.92 Å². The Bertz CT molecular complexity index is 319. The minimum Gasteiger partial charge on any atom is -0.466 e. The van der Waals surface area contributed by atoms with Gasteiger partial charge in [-0.15, -0.1) is 0 Å². The maximum atomic E-state index is 11.7. The van der Waals surface area contributed by atoms with Gasteiger partial charge in [0.25, 0.3) is 0 Å². The van der Waals surface area contributed by atoms with Crippen LogP contribution in [0.4, 0.5) is 0 Å². The Morgan fingerprint density at radius 3 is 2.94 bits per heavy atom. The number of carbonyl (C=O) groups is 1. The normalized spacial score (nSPS) is 37.8. The van der Waals surface area contributed by atoms with E-state index in [4.69, 9.17) is 4.74 Å². The van der Waals surface area contributed by atoms with Crippen LogP contribution in [0.15, 0.2) is 11.6 Å². The molecule has 2 rings (SSSR count). The van der Waals surface area contributed by atoms with E-state index in [0.717, 1.165) is 12.8 Å². The molecule has 0 bridgehead atoms. The number of allylic oxidation sites excluding steroid dienone is 2. The van der Waals surface area contributed by atoms with Crippen LogP contribution in [0.25, 0.3) is 0 Å². The summed E-state index contributed by atoms with van der Waals surface area (Å²) in [5.41, 5.74) is 1.73. The largest absolute Gasteiger partial charge is 0.466 e. The zero-order valence-electron chi connectivity index (χ0n) is 10.6. The van der Waals surface area contributed by atoms with E-state index >= 15 is 0 Å². The van der Waals surface area contributed by atoms with Gasteiger partial charge in [-0.2, -0.15) is 0 Å². The Labute approximate surface area is 98.1 Å². The highest BCUT2D eigenvalue weighted by atomic mass is 16.5. The molecule has 2 aliphatic rings. The molecule has 0 aliphatic heterocycles. The van der Waals surface area contributed by atoms with E-state index < -0.39 is 0 Å². The molecule has 16 heavy (non-hydrogen) atoms. The third kappa shape index (κ3) is 2.02. The highest BCUT2D eigenvalue weighted by Crippen LogP contribution is 2.61. The molecule has 2 aliphatic carbocycles. The van der Waals surface area contributed by atoms with Crippen molar-refractivity contribution in [1.29, 1.82) is 0 Å². The summed E-state index contributed by atoms with van der Waals surface area (Å²) in [6.07, 6.45) is 6.98. The van der Waals surface area contributed by atoms with Gasteiger partial charge in [-0.1, -0.05) is 18.6 Å². The highest BCUT2D eigenvalue weighted by Gasteiger charge is 2.59. The molecule has 2 heteroatoms. The predicted octanol–water partition coefficient (Wildman–Crippen LogP) is 3.32. The number of rotatable bonds is 3. The lowest BCUT2D eigenvalue weighted by molar-refractivity contribution is -0.145. The summed E-state index contributed by atoms with van der Waals surface area (Å²) in [5.74, 6) is 0.881. The van der Waals surface area contributed by atoms with Crippen molar-refractivity contribution in [1.82, 2.24) is 0 Å². The van der Waals surface area contributed by atoms with Gasteiger partial charge in [0.05, 0.1) is 12.5 Å². The van der Waals surface area contributed by atoms with Gasteiger partial charge in [0.2, 0.25) is 0 Å². The number of carbonyl (C=O) groups excluding carboxylic acids is 1. The summed E-state index contributed by atoms with van der Waals surface area (Å²) in [6.45, 7) is 6.85. The van der Waals surface area contributed by atoms with E-state index in [2.05, 4.69) is 19.9 Å². The van der Waals surface area contributed by atoms with Crippen molar-refractivity contribution in [3.05, 3.63) is 11.6 Å². The molecule has 90 valence electrons. The molecule has 3 atom stereocenters. The molecule has 2 nitrogen and oxygen atoms in total. The number of ether oxygens (including phenoxy) is 1. The van der Waals surface area contributed by atoms with Gasteiger partial charge >= 0.3 is 5.97 Å². The summed E-state index contributed by atoms with van der Waals surface area (Å²) < 4.78 is 5.12. The Balaban J connectivity index is 1.94. The quantitative estimate of drug-likeness (QED) is 0.541. The molecule has 0 saturated heterocycles. The average Bonchev–Trinajstić information content (AvgIpc) is 2.93. The average molecular weight is 222 g/mol. The van der Waals surface area contributed by atoms with E-state index in [0.29, 0.717) is 12.5 Å².